The zero-order valence-corrected chi connectivity index (χ0v) is 15.0. The molecule has 8 heteroatoms. The molecule has 26 heavy (non-hydrogen) atoms. The van der Waals surface area contributed by atoms with E-state index in [2.05, 4.69) is 27.9 Å². The first kappa shape index (κ1) is 16.8. The fraction of sp³-hybridized carbons (Fsp3) is 0.500. The molecular weight excluding hydrogens is 334 g/mol. The molecular formula is C18H23N5O3. The Labute approximate surface area is 151 Å². The summed E-state index contributed by atoms with van der Waals surface area (Å²) < 4.78 is 12.8. The number of amides is 1. The summed E-state index contributed by atoms with van der Waals surface area (Å²) in [6.07, 6.45) is 0.919. The summed E-state index contributed by atoms with van der Waals surface area (Å²) in [4.78, 5) is 12.7. The fourth-order valence-corrected chi connectivity index (χ4v) is 3.41. The van der Waals surface area contributed by atoms with Crippen LogP contribution in [0.2, 0.25) is 0 Å². The van der Waals surface area contributed by atoms with E-state index in [1.807, 2.05) is 25.1 Å². The molecule has 0 aliphatic carbocycles. The van der Waals surface area contributed by atoms with Crippen molar-refractivity contribution in [2.45, 2.75) is 26.3 Å². The molecule has 1 fully saturated rings. The molecule has 0 saturated carbocycles. The zero-order chi connectivity index (χ0) is 18.1. The number of nitrogens with one attached hydrogen (secondary N) is 2. The van der Waals surface area contributed by atoms with E-state index in [0.717, 1.165) is 30.9 Å². The summed E-state index contributed by atoms with van der Waals surface area (Å²) in [6.45, 7) is 6.88. The maximum atomic E-state index is 12.7. The second-order valence-electron chi connectivity index (χ2n) is 6.81. The largest absolute Gasteiger partial charge is 0.486 e. The van der Waals surface area contributed by atoms with Crippen molar-refractivity contribution in [2.24, 2.45) is 5.92 Å². The van der Waals surface area contributed by atoms with Crippen LogP contribution < -0.4 is 20.1 Å². The lowest BCUT2D eigenvalue weighted by atomic mass is 9.95. The molecule has 0 spiro atoms. The van der Waals surface area contributed by atoms with Crippen molar-refractivity contribution in [3.8, 4) is 17.2 Å². The highest BCUT2D eigenvalue weighted by atomic mass is 16.6. The predicted octanol–water partition coefficient (Wildman–Crippen LogP) is 1.07. The van der Waals surface area contributed by atoms with Gasteiger partial charge in [-0.05, 0) is 44.5 Å². The lowest BCUT2D eigenvalue weighted by Gasteiger charge is -2.29. The molecule has 0 radical (unpaired) electrons. The number of hydrogen-bond acceptors (Lipinski definition) is 6. The van der Waals surface area contributed by atoms with E-state index >= 15 is 0 Å². The first-order valence-electron chi connectivity index (χ1n) is 8.97. The van der Waals surface area contributed by atoms with Crippen LogP contribution in [-0.4, -0.2) is 53.2 Å². The van der Waals surface area contributed by atoms with Crippen molar-refractivity contribution in [1.29, 1.82) is 0 Å². The molecule has 3 heterocycles. The number of ether oxygens (including phenoxy) is 2. The average Bonchev–Trinajstić information content (AvgIpc) is 3.05. The van der Waals surface area contributed by atoms with Crippen LogP contribution in [0.1, 0.15) is 29.5 Å². The van der Waals surface area contributed by atoms with Crippen LogP contribution in [0.3, 0.4) is 0 Å². The molecule has 2 N–H and O–H groups in total. The molecule has 1 amide bonds. The van der Waals surface area contributed by atoms with Gasteiger partial charge in [0.2, 0.25) is 0 Å². The predicted molar refractivity (Wildman–Crippen MR) is 95.0 cm³/mol. The molecule has 2 aromatic rings. The van der Waals surface area contributed by atoms with Crippen LogP contribution in [0.5, 0.6) is 11.5 Å². The maximum Gasteiger partial charge on any atom is 0.273 e. The topological polar surface area (TPSA) is 90.3 Å². The van der Waals surface area contributed by atoms with Gasteiger partial charge >= 0.3 is 0 Å². The Morgan fingerprint density at radius 3 is 2.92 bits per heavy atom. The molecule has 138 valence electrons. The number of carbonyl (C=O) groups excluding carboxylic acids is 1. The Bertz CT molecular complexity index is 819. The van der Waals surface area contributed by atoms with Crippen LogP contribution in [0.25, 0.3) is 5.69 Å². The summed E-state index contributed by atoms with van der Waals surface area (Å²) in [5.41, 5.74) is 1.83. The SMILES string of the molecule is Cc1c(C(=O)NC2CCNCC2C)nnn1-c1ccc2c(c1)OCCO2. The minimum atomic E-state index is -0.176. The van der Waals surface area contributed by atoms with Crippen molar-refractivity contribution in [3.05, 3.63) is 29.6 Å². The van der Waals surface area contributed by atoms with Gasteiger partial charge in [-0.1, -0.05) is 12.1 Å². The number of carbonyl (C=O) groups is 1. The molecule has 2 unspecified atom stereocenters. The van der Waals surface area contributed by atoms with Gasteiger partial charge in [-0.2, -0.15) is 0 Å². The van der Waals surface area contributed by atoms with E-state index in [1.54, 1.807) is 4.68 Å². The smallest absolute Gasteiger partial charge is 0.273 e. The first-order valence-corrected chi connectivity index (χ1v) is 8.97. The standard InChI is InChI=1S/C18H23N5O3/c1-11-10-19-6-5-14(11)20-18(24)17-12(2)23(22-21-17)13-3-4-15-16(9-13)26-8-7-25-15/h3-4,9,11,14,19H,5-8,10H2,1-2H3,(H,20,24). The minimum Gasteiger partial charge on any atom is -0.486 e. The quantitative estimate of drug-likeness (QED) is 0.854. The van der Waals surface area contributed by atoms with Gasteiger partial charge in [0.1, 0.15) is 13.2 Å². The van der Waals surface area contributed by atoms with E-state index in [4.69, 9.17) is 9.47 Å². The fourth-order valence-electron chi connectivity index (χ4n) is 3.41. The van der Waals surface area contributed by atoms with E-state index in [0.29, 0.717) is 36.3 Å². The van der Waals surface area contributed by atoms with E-state index in [-0.39, 0.29) is 11.9 Å². The first-order chi connectivity index (χ1) is 12.6. The van der Waals surface area contributed by atoms with E-state index < -0.39 is 0 Å². The summed E-state index contributed by atoms with van der Waals surface area (Å²) in [5.74, 6) is 1.61. The number of rotatable bonds is 3. The Hall–Kier alpha value is -2.61. The van der Waals surface area contributed by atoms with Gasteiger partial charge in [-0.15, -0.1) is 5.10 Å². The number of benzene rings is 1. The average molecular weight is 357 g/mol. The maximum absolute atomic E-state index is 12.7. The summed E-state index contributed by atoms with van der Waals surface area (Å²) in [5, 5.41) is 14.7. The second-order valence-corrected chi connectivity index (χ2v) is 6.81. The highest BCUT2D eigenvalue weighted by molar-refractivity contribution is 5.93. The molecule has 2 atom stereocenters. The zero-order valence-electron chi connectivity index (χ0n) is 15.0. The number of piperidine rings is 1. The number of fused-ring (bicyclic) bond motifs is 1. The third-order valence-corrected chi connectivity index (χ3v) is 4.98. The summed E-state index contributed by atoms with van der Waals surface area (Å²) >= 11 is 0. The van der Waals surface area contributed by atoms with Crippen LogP contribution in [0.15, 0.2) is 18.2 Å². The monoisotopic (exact) mass is 357 g/mol. The van der Waals surface area contributed by atoms with Crippen molar-refractivity contribution in [2.75, 3.05) is 26.3 Å². The van der Waals surface area contributed by atoms with Gasteiger partial charge in [0.05, 0.1) is 11.4 Å². The summed E-state index contributed by atoms with van der Waals surface area (Å²) in [6, 6.07) is 5.74. The van der Waals surface area contributed by atoms with Crippen molar-refractivity contribution in [3.63, 3.8) is 0 Å². The van der Waals surface area contributed by atoms with E-state index in [1.165, 1.54) is 0 Å². The molecule has 1 aromatic carbocycles. The highest BCUT2D eigenvalue weighted by Gasteiger charge is 2.26. The van der Waals surface area contributed by atoms with Crippen LogP contribution in [0, 0.1) is 12.8 Å². The third-order valence-electron chi connectivity index (χ3n) is 4.98. The summed E-state index contributed by atoms with van der Waals surface area (Å²) in [7, 11) is 0. The van der Waals surface area contributed by atoms with Crippen molar-refractivity contribution >= 4 is 5.91 Å². The van der Waals surface area contributed by atoms with Gasteiger partial charge in [0.15, 0.2) is 17.2 Å². The van der Waals surface area contributed by atoms with Gasteiger partial charge in [-0.25, -0.2) is 4.68 Å². The second kappa shape index (κ2) is 6.95. The van der Waals surface area contributed by atoms with Gasteiger partial charge in [-0.3, -0.25) is 4.79 Å². The molecule has 4 rings (SSSR count). The highest BCUT2D eigenvalue weighted by Crippen LogP contribution is 2.32. The Kier molecular flexibility index (Phi) is 4.50. The van der Waals surface area contributed by atoms with Crippen molar-refractivity contribution < 1.29 is 14.3 Å². The Morgan fingerprint density at radius 1 is 1.31 bits per heavy atom. The van der Waals surface area contributed by atoms with Crippen LogP contribution >= 0.6 is 0 Å². The molecule has 8 nitrogen and oxygen atoms in total. The lowest BCUT2D eigenvalue weighted by Crippen LogP contribution is -2.48. The van der Waals surface area contributed by atoms with Gasteiger partial charge in [0, 0.05) is 12.1 Å². The lowest BCUT2D eigenvalue weighted by molar-refractivity contribution is 0.0908. The van der Waals surface area contributed by atoms with Gasteiger partial charge in [0.25, 0.3) is 5.91 Å². The normalized spacial score (nSPS) is 22.1. The minimum absolute atomic E-state index is 0.155. The van der Waals surface area contributed by atoms with Gasteiger partial charge < -0.3 is 20.1 Å². The van der Waals surface area contributed by atoms with E-state index in [9.17, 15) is 4.79 Å². The molecule has 2 aliphatic rings. The van der Waals surface area contributed by atoms with Crippen LogP contribution in [0.4, 0.5) is 0 Å². The number of aromatic nitrogens is 3. The number of hydrogen-bond donors (Lipinski definition) is 2. The van der Waals surface area contributed by atoms with Crippen LogP contribution in [-0.2, 0) is 0 Å². The molecule has 1 aromatic heterocycles. The number of nitrogens with zero attached hydrogens (tertiary/aromatic N) is 3. The Morgan fingerprint density at radius 2 is 2.12 bits per heavy atom. The molecule has 0 bridgehead atoms. The Balaban J connectivity index is 1.55. The molecule has 2 aliphatic heterocycles. The van der Waals surface area contributed by atoms with Crippen molar-refractivity contribution in [1.82, 2.24) is 25.6 Å². The third kappa shape index (κ3) is 3.12. The molecule has 1 saturated heterocycles.